The molecule has 0 unspecified atom stereocenters. The molecule has 0 aliphatic heterocycles. The lowest BCUT2D eigenvalue weighted by Crippen LogP contribution is -2.43. The van der Waals surface area contributed by atoms with E-state index in [9.17, 15) is 0 Å². The molecule has 64 valence electrons. The van der Waals surface area contributed by atoms with Crippen molar-refractivity contribution in [1.82, 2.24) is 0 Å². The molecule has 0 aromatic rings. The van der Waals surface area contributed by atoms with Gasteiger partial charge in [-0.1, -0.05) is 27.6 Å². The van der Waals surface area contributed by atoms with Crippen molar-refractivity contribution in [3.05, 3.63) is 0 Å². The Balaban J connectivity index is 4.22. The smallest absolute Gasteiger partial charge is 0.244 e. The Morgan fingerprint density at radius 2 is 1.45 bits per heavy atom. The highest BCUT2D eigenvalue weighted by atomic mass is 16.5. The Morgan fingerprint density at radius 3 is 1.55 bits per heavy atom. The SMILES string of the molecule is BB(C)OC(C)(C)C(C)(C)C. The third-order valence-electron chi connectivity index (χ3n) is 2.34. The monoisotopic (exact) mass is 154 g/mol. The summed E-state index contributed by atoms with van der Waals surface area (Å²) in [6.07, 6.45) is 0. The van der Waals surface area contributed by atoms with Gasteiger partial charge in [0.1, 0.15) is 7.74 Å². The molecule has 0 amide bonds. The third-order valence-corrected chi connectivity index (χ3v) is 2.34. The van der Waals surface area contributed by atoms with Gasteiger partial charge in [0.15, 0.2) is 0 Å². The van der Waals surface area contributed by atoms with Crippen LogP contribution in [-0.4, -0.2) is 20.1 Å². The van der Waals surface area contributed by atoms with Gasteiger partial charge in [-0.3, -0.25) is 0 Å². The molecule has 1 nitrogen and oxygen atoms in total. The van der Waals surface area contributed by atoms with E-state index in [0.717, 1.165) is 0 Å². The zero-order chi connectivity index (χ0) is 9.28. The summed E-state index contributed by atoms with van der Waals surface area (Å²) in [6.45, 7) is 13.3. The molecule has 0 saturated heterocycles. The van der Waals surface area contributed by atoms with Crippen LogP contribution in [0.15, 0.2) is 0 Å². The molecule has 0 N–H and O–H groups in total. The highest BCUT2D eigenvalue weighted by Gasteiger charge is 2.34. The summed E-state index contributed by atoms with van der Waals surface area (Å²) in [4.78, 5) is 0. The van der Waals surface area contributed by atoms with E-state index in [-0.39, 0.29) is 11.0 Å². The van der Waals surface area contributed by atoms with E-state index in [0.29, 0.717) is 6.81 Å². The van der Waals surface area contributed by atoms with Crippen molar-refractivity contribution in [2.45, 2.75) is 47.0 Å². The van der Waals surface area contributed by atoms with Gasteiger partial charge in [-0.05, 0) is 19.3 Å². The minimum absolute atomic E-state index is 0.0405. The molecule has 11 heavy (non-hydrogen) atoms. The molecule has 0 heterocycles. The largest absolute Gasteiger partial charge is 0.440 e. The first-order chi connectivity index (χ1) is 4.67. The highest BCUT2D eigenvalue weighted by molar-refractivity contribution is 6.98. The van der Waals surface area contributed by atoms with E-state index < -0.39 is 0 Å². The molecule has 0 aromatic heterocycles. The van der Waals surface area contributed by atoms with Gasteiger partial charge in [0.25, 0.3) is 0 Å². The van der Waals surface area contributed by atoms with Gasteiger partial charge in [-0.2, -0.15) is 0 Å². The normalized spacial score (nSPS) is 13.3. The van der Waals surface area contributed by atoms with Crippen LogP contribution in [0.5, 0.6) is 0 Å². The number of rotatable bonds is 2. The van der Waals surface area contributed by atoms with Crippen LogP contribution in [0.2, 0.25) is 6.82 Å². The van der Waals surface area contributed by atoms with Gasteiger partial charge in [-0.25, -0.2) is 0 Å². The van der Waals surface area contributed by atoms with Gasteiger partial charge in [-0.15, -0.1) is 0 Å². The van der Waals surface area contributed by atoms with Crippen LogP contribution in [0, 0.1) is 5.41 Å². The summed E-state index contributed by atoms with van der Waals surface area (Å²) in [5, 5.41) is 0. The van der Waals surface area contributed by atoms with Crippen molar-refractivity contribution in [2.75, 3.05) is 0 Å². The average Bonchev–Trinajstić information content (AvgIpc) is 1.56. The molecule has 0 aliphatic carbocycles. The van der Waals surface area contributed by atoms with Gasteiger partial charge in [0, 0.05) is 5.60 Å². The molecule has 0 aromatic carbocycles. The van der Waals surface area contributed by atoms with E-state index in [2.05, 4.69) is 49.2 Å². The summed E-state index contributed by atoms with van der Waals surface area (Å²) in [5.74, 6) is 0. The molecule has 3 heteroatoms. The van der Waals surface area contributed by atoms with E-state index in [1.165, 1.54) is 0 Å². The van der Waals surface area contributed by atoms with Crippen LogP contribution >= 0.6 is 0 Å². The van der Waals surface area contributed by atoms with Crippen LogP contribution < -0.4 is 0 Å². The molecule has 0 atom stereocenters. The van der Waals surface area contributed by atoms with Crippen LogP contribution in [0.3, 0.4) is 0 Å². The third kappa shape index (κ3) is 3.33. The second-order valence-corrected chi connectivity index (χ2v) is 4.93. The fourth-order valence-corrected chi connectivity index (χ4v) is 0.766. The second-order valence-electron chi connectivity index (χ2n) is 4.93. The summed E-state index contributed by atoms with van der Waals surface area (Å²) in [5.41, 5.74) is 0.165. The lowest BCUT2D eigenvalue weighted by molar-refractivity contribution is 0.00180. The first-order valence-corrected chi connectivity index (χ1v) is 4.34. The maximum Gasteiger partial charge on any atom is 0.244 e. The van der Waals surface area contributed by atoms with E-state index in [1.807, 2.05) is 0 Å². The lowest BCUT2D eigenvalue weighted by Gasteiger charge is -2.40. The Bertz CT molecular complexity index is 125. The summed E-state index contributed by atoms with van der Waals surface area (Å²) >= 11 is 0. The molecule has 0 rings (SSSR count). The molecular weight excluding hydrogens is 134 g/mol. The van der Waals surface area contributed by atoms with Gasteiger partial charge in [0.2, 0.25) is 6.81 Å². The topological polar surface area (TPSA) is 9.23 Å². The van der Waals surface area contributed by atoms with E-state index in [4.69, 9.17) is 4.65 Å². The van der Waals surface area contributed by atoms with Crippen LogP contribution in [0.4, 0.5) is 0 Å². The van der Waals surface area contributed by atoms with Gasteiger partial charge >= 0.3 is 0 Å². The Morgan fingerprint density at radius 1 is 1.09 bits per heavy atom. The van der Waals surface area contributed by atoms with E-state index in [1.54, 1.807) is 0 Å². The Kier molecular flexibility index (Phi) is 3.25. The van der Waals surface area contributed by atoms with Crippen LogP contribution in [0.25, 0.3) is 0 Å². The molecule has 0 fully saturated rings. The molecule has 0 spiro atoms. The fourth-order valence-electron chi connectivity index (χ4n) is 0.766. The fraction of sp³-hybridized carbons (Fsp3) is 1.00. The first kappa shape index (κ1) is 11.1. The Labute approximate surface area is 72.4 Å². The molecule has 0 radical (unpaired) electrons. The number of hydrogen-bond acceptors (Lipinski definition) is 1. The van der Waals surface area contributed by atoms with Gasteiger partial charge < -0.3 is 4.65 Å². The quantitative estimate of drug-likeness (QED) is 0.548. The van der Waals surface area contributed by atoms with Crippen LogP contribution in [0.1, 0.15) is 34.6 Å². The predicted octanol–water partition coefficient (Wildman–Crippen LogP) is 1.58. The summed E-state index contributed by atoms with van der Waals surface area (Å²) in [7, 11) is 2.08. The molecular formula is C8H20B2O. The van der Waals surface area contributed by atoms with Crippen LogP contribution in [-0.2, 0) is 4.65 Å². The van der Waals surface area contributed by atoms with Crippen molar-refractivity contribution in [3.63, 3.8) is 0 Å². The van der Waals surface area contributed by atoms with Crippen molar-refractivity contribution in [3.8, 4) is 0 Å². The first-order valence-electron chi connectivity index (χ1n) is 4.34. The standard InChI is InChI=1S/C8H20B2O/c1-7(2,3)8(4,5)11-10(6)9/h9H2,1-6H3. The predicted molar refractivity (Wildman–Crippen MR) is 54.8 cm³/mol. The van der Waals surface area contributed by atoms with Crippen molar-refractivity contribution in [1.29, 1.82) is 0 Å². The zero-order valence-corrected chi connectivity index (χ0v) is 8.99. The Hall–Kier alpha value is 0.0899. The zero-order valence-electron chi connectivity index (χ0n) is 8.99. The minimum Gasteiger partial charge on any atom is -0.440 e. The summed E-state index contributed by atoms with van der Waals surface area (Å²) in [6, 6.07) is 0. The van der Waals surface area contributed by atoms with Crippen molar-refractivity contribution >= 4 is 14.5 Å². The average molecular weight is 154 g/mol. The van der Waals surface area contributed by atoms with Gasteiger partial charge in [0.05, 0.1) is 0 Å². The minimum atomic E-state index is -0.0405. The lowest BCUT2D eigenvalue weighted by atomic mass is 9.48. The van der Waals surface area contributed by atoms with E-state index >= 15 is 0 Å². The maximum absolute atomic E-state index is 5.80. The second kappa shape index (κ2) is 3.22. The summed E-state index contributed by atoms with van der Waals surface area (Å²) < 4.78 is 5.80. The van der Waals surface area contributed by atoms with Crippen molar-refractivity contribution < 1.29 is 4.65 Å². The molecule has 0 aliphatic rings. The highest BCUT2D eigenvalue weighted by Crippen LogP contribution is 2.32. The molecule has 0 bridgehead atoms. The number of hydrogen-bond donors (Lipinski definition) is 0. The maximum atomic E-state index is 5.80. The molecule has 0 saturated carbocycles. The van der Waals surface area contributed by atoms with Crippen molar-refractivity contribution in [2.24, 2.45) is 5.41 Å².